The lowest BCUT2D eigenvalue weighted by Crippen LogP contribution is -2.49. The second-order valence-corrected chi connectivity index (χ2v) is 11.0. The summed E-state index contributed by atoms with van der Waals surface area (Å²) in [4.78, 5) is 29.7. The van der Waals surface area contributed by atoms with Gasteiger partial charge in [0.2, 0.25) is 16.9 Å². The van der Waals surface area contributed by atoms with E-state index >= 15 is 0 Å². The first-order valence-corrected chi connectivity index (χ1v) is 14.2. The van der Waals surface area contributed by atoms with E-state index in [4.69, 9.17) is 0 Å². The zero-order valence-corrected chi connectivity index (χ0v) is 22.0. The molecule has 194 valence electrons. The normalized spacial score (nSPS) is 17.2. The van der Waals surface area contributed by atoms with Gasteiger partial charge in [0.1, 0.15) is 5.01 Å². The van der Waals surface area contributed by atoms with Gasteiger partial charge >= 0.3 is 0 Å². The van der Waals surface area contributed by atoms with Crippen molar-refractivity contribution >= 4 is 28.3 Å². The van der Waals surface area contributed by atoms with Crippen LogP contribution in [-0.4, -0.2) is 58.0 Å². The standard InChI is InChI=1S/C29H35N5O2S/c35-25(30-29-32-31-28(37-29)24-14-8-3-9-15-24)16-17-26(36)33-18-20-34(21-19-33)27(22-10-4-1-5-11-22)23-12-6-2-7-13-23/h1-2,4-7,10-13,24,27H,3,8-9,14-21H2,(H,30,32,35). The van der Waals surface area contributed by atoms with Crippen LogP contribution in [0, 0.1) is 0 Å². The molecule has 1 aliphatic heterocycles. The number of anilines is 1. The molecule has 37 heavy (non-hydrogen) atoms. The molecule has 0 atom stereocenters. The lowest BCUT2D eigenvalue weighted by atomic mass is 9.90. The summed E-state index contributed by atoms with van der Waals surface area (Å²) in [5, 5.41) is 12.9. The molecular formula is C29H35N5O2S. The van der Waals surface area contributed by atoms with E-state index in [1.54, 1.807) is 0 Å². The summed E-state index contributed by atoms with van der Waals surface area (Å²) in [6.45, 7) is 2.91. The van der Waals surface area contributed by atoms with Crippen molar-refractivity contribution in [3.8, 4) is 0 Å². The molecule has 2 aliphatic rings. The van der Waals surface area contributed by atoms with Crippen LogP contribution in [0.2, 0.25) is 0 Å². The van der Waals surface area contributed by atoms with Gasteiger partial charge in [-0.2, -0.15) is 0 Å². The Morgan fingerprint density at radius 3 is 2.08 bits per heavy atom. The van der Waals surface area contributed by atoms with Gasteiger partial charge in [0, 0.05) is 44.9 Å². The monoisotopic (exact) mass is 517 g/mol. The van der Waals surface area contributed by atoms with E-state index in [-0.39, 0.29) is 30.7 Å². The lowest BCUT2D eigenvalue weighted by Gasteiger charge is -2.39. The average Bonchev–Trinajstić information content (AvgIpc) is 3.42. The number of amides is 2. The predicted octanol–water partition coefficient (Wildman–Crippen LogP) is 5.24. The summed E-state index contributed by atoms with van der Waals surface area (Å²) in [6, 6.07) is 21.2. The van der Waals surface area contributed by atoms with Crippen molar-refractivity contribution < 1.29 is 9.59 Å². The summed E-state index contributed by atoms with van der Waals surface area (Å²) in [5.74, 6) is 0.331. The van der Waals surface area contributed by atoms with Crippen LogP contribution < -0.4 is 5.32 Å². The van der Waals surface area contributed by atoms with Crippen molar-refractivity contribution in [2.45, 2.75) is 56.9 Å². The topological polar surface area (TPSA) is 78.4 Å². The number of nitrogens with zero attached hydrogens (tertiary/aromatic N) is 4. The molecule has 0 bridgehead atoms. The highest BCUT2D eigenvalue weighted by atomic mass is 32.1. The van der Waals surface area contributed by atoms with Crippen molar-refractivity contribution in [1.29, 1.82) is 0 Å². The molecule has 2 amide bonds. The van der Waals surface area contributed by atoms with Crippen LogP contribution in [0.3, 0.4) is 0 Å². The molecule has 0 radical (unpaired) electrons. The molecule has 3 aromatic rings. The molecule has 1 aliphatic carbocycles. The Balaban J connectivity index is 1.10. The number of piperazine rings is 1. The fourth-order valence-corrected chi connectivity index (χ4v) is 6.40. The number of benzene rings is 2. The minimum Gasteiger partial charge on any atom is -0.340 e. The first-order chi connectivity index (χ1) is 18.2. The number of rotatable bonds is 8. The van der Waals surface area contributed by atoms with E-state index in [9.17, 15) is 9.59 Å². The van der Waals surface area contributed by atoms with Crippen molar-refractivity contribution in [2.24, 2.45) is 0 Å². The molecule has 8 heteroatoms. The molecule has 2 fully saturated rings. The largest absolute Gasteiger partial charge is 0.340 e. The summed E-state index contributed by atoms with van der Waals surface area (Å²) >= 11 is 1.47. The van der Waals surface area contributed by atoms with Crippen molar-refractivity contribution in [1.82, 2.24) is 20.0 Å². The molecule has 7 nitrogen and oxygen atoms in total. The highest BCUT2D eigenvalue weighted by Crippen LogP contribution is 2.35. The molecule has 1 N–H and O–H groups in total. The van der Waals surface area contributed by atoms with E-state index < -0.39 is 0 Å². The highest BCUT2D eigenvalue weighted by molar-refractivity contribution is 7.15. The number of hydrogen-bond acceptors (Lipinski definition) is 6. The van der Waals surface area contributed by atoms with Crippen molar-refractivity contribution in [3.63, 3.8) is 0 Å². The first-order valence-electron chi connectivity index (χ1n) is 13.4. The van der Waals surface area contributed by atoms with Gasteiger partial charge in [-0.25, -0.2) is 0 Å². The first kappa shape index (κ1) is 25.5. The highest BCUT2D eigenvalue weighted by Gasteiger charge is 2.28. The van der Waals surface area contributed by atoms with E-state index in [0.717, 1.165) is 30.9 Å². The van der Waals surface area contributed by atoms with Gasteiger partial charge < -0.3 is 10.2 Å². The van der Waals surface area contributed by atoms with Crippen molar-refractivity contribution in [3.05, 3.63) is 76.8 Å². The zero-order valence-electron chi connectivity index (χ0n) is 21.2. The number of carbonyl (C=O) groups excluding carboxylic acids is 2. The predicted molar refractivity (Wildman–Crippen MR) is 146 cm³/mol. The molecule has 0 unspecified atom stereocenters. The van der Waals surface area contributed by atoms with Gasteiger partial charge in [0.25, 0.3) is 0 Å². The van der Waals surface area contributed by atoms with E-state index in [1.165, 1.54) is 41.7 Å². The Labute approximate surface area is 222 Å². The number of carbonyl (C=O) groups is 2. The smallest absolute Gasteiger partial charge is 0.226 e. The maximum Gasteiger partial charge on any atom is 0.226 e. The Morgan fingerprint density at radius 2 is 1.46 bits per heavy atom. The second-order valence-electron chi connectivity index (χ2n) is 9.97. The van der Waals surface area contributed by atoms with Gasteiger partial charge in [-0.3, -0.25) is 14.5 Å². The van der Waals surface area contributed by atoms with Gasteiger partial charge in [-0.1, -0.05) is 91.3 Å². The van der Waals surface area contributed by atoms with Crippen LogP contribution in [-0.2, 0) is 9.59 Å². The van der Waals surface area contributed by atoms with Gasteiger partial charge in [-0.05, 0) is 24.0 Å². The third-order valence-electron chi connectivity index (χ3n) is 7.47. The number of aromatic nitrogens is 2. The fraction of sp³-hybridized carbons (Fsp3) is 0.448. The Bertz CT molecular complexity index is 1120. The molecule has 2 aromatic carbocycles. The molecule has 1 aromatic heterocycles. The molecule has 5 rings (SSSR count). The van der Waals surface area contributed by atoms with E-state index in [0.29, 0.717) is 24.1 Å². The molecule has 0 spiro atoms. The maximum atomic E-state index is 12.9. The molecule has 1 saturated carbocycles. The van der Waals surface area contributed by atoms with Crippen LogP contribution in [0.25, 0.3) is 0 Å². The Hall–Kier alpha value is -3.10. The average molecular weight is 518 g/mol. The third kappa shape index (κ3) is 6.62. The molecule has 2 heterocycles. The van der Waals surface area contributed by atoms with Crippen molar-refractivity contribution in [2.75, 3.05) is 31.5 Å². The Kier molecular flexibility index (Phi) is 8.58. The van der Waals surface area contributed by atoms with Gasteiger partial charge in [0.05, 0.1) is 6.04 Å². The molecular weight excluding hydrogens is 482 g/mol. The Morgan fingerprint density at radius 1 is 0.838 bits per heavy atom. The summed E-state index contributed by atoms with van der Waals surface area (Å²) in [5.41, 5.74) is 2.52. The maximum absolute atomic E-state index is 12.9. The minimum absolute atomic E-state index is 0.0333. The number of nitrogens with one attached hydrogen (secondary N) is 1. The minimum atomic E-state index is -0.174. The number of hydrogen-bond donors (Lipinski definition) is 1. The van der Waals surface area contributed by atoms with Crippen LogP contribution in [0.5, 0.6) is 0 Å². The van der Waals surface area contributed by atoms with E-state index in [1.807, 2.05) is 17.0 Å². The van der Waals surface area contributed by atoms with Crippen LogP contribution in [0.1, 0.15) is 73.0 Å². The summed E-state index contributed by atoms with van der Waals surface area (Å²) < 4.78 is 0. The lowest BCUT2D eigenvalue weighted by molar-refractivity contribution is -0.134. The summed E-state index contributed by atoms with van der Waals surface area (Å²) in [7, 11) is 0. The zero-order chi connectivity index (χ0) is 25.5. The summed E-state index contributed by atoms with van der Waals surface area (Å²) in [6.07, 6.45) is 6.45. The third-order valence-corrected chi connectivity index (χ3v) is 8.47. The van der Waals surface area contributed by atoms with Gasteiger partial charge in [-0.15, -0.1) is 10.2 Å². The second kappa shape index (κ2) is 12.4. The van der Waals surface area contributed by atoms with Crippen LogP contribution in [0.4, 0.5) is 5.13 Å². The van der Waals surface area contributed by atoms with E-state index in [2.05, 4.69) is 68.9 Å². The van der Waals surface area contributed by atoms with Gasteiger partial charge in [0.15, 0.2) is 0 Å². The molecule has 1 saturated heterocycles. The fourth-order valence-electron chi connectivity index (χ4n) is 5.47. The SMILES string of the molecule is O=C(CCC(=O)N1CCN(C(c2ccccc2)c2ccccc2)CC1)Nc1nnc(C2CCCCC2)s1. The van der Waals surface area contributed by atoms with Crippen LogP contribution in [0.15, 0.2) is 60.7 Å². The quantitative estimate of drug-likeness (QED) is 0.442. The van der Waals surface area contributed by atoms with Crippen LogP contribution >= 0.6 is 11.3 Å².